The van der Waals surface area contributed by atoms with Gasteiger partial charge >= 0.3 is 39.5 Å². The van der Waals surface area contributed by atoms with Crippen LogP contribution < -0.4 is 0 Å². The zero-order valence-corrected chi connectivity index (χ0v) is 62.4. The lowest BCUT2D eigenvalue weighted by atomic mass is 10.1. The van der Waals surface area contributed by atoms with Crippen LogP contribution in [0.3, 0.4) is 0 Å². The van der Waals surface area contributed by atoms with Crippen molar-refractivity contribution in [3.05, 3.63) is 146 Å². The number of phosphoric acid groups is 2. The maximum absolute atomic E-state index is 13.1. The predicted octanol–water partition coefficient (Wildman–Crippen LogP) is 21.1. The van der Waals surface area contributed by atoms with E-state index in [0.29, 0.717) is 32.1 Å². The molecule has 98 heavy (non-hydrogen) atoms. The Labute approximate surface area is 592 Å². The predicted molar refractivity (Wildman–Crippen MR) is 399 cm³/mol. The molecule has 558 valence electrons. The first-order chi connectivity index (χ1) is 47.7. The number of carbonyl (C=O) groups is 4. The Morgan fingerprint density at radius 1 is 0.306 bits per heavy atom. The third kappa shape index (κ3) is 69.4. The zero-order chi connectivity index (χ0) is 71.8. The van der Waals surface area contributed by atoms with Crippen LogP contribution in [0.25, 0.3) is 0 Å². The first-order valence-corrected chi connectivity index (χ1v) is 40.1. The highest BCUT2D eigenvalue weighted by molar-refractivity contribution is 7.47. The van der Waals surface area contributed by atoms with E-state index in [9.17, 15) is 43.2 Å². The molecule has 0 aliphatic carbocycles. The molecule has 0 saturated heterocycles. The minimum atomic E-state index is -5.00. The smallest absolute Gasteiger partial charge is 0.462 e. The topological polar surface area (TPSA) is 237 Å². The quantitative estimate of drug-likeness (QED) is 0.0169. The van der Waals surface area contributed by atoms with Gasteiger partial charge in [0.1, 0.15) is 19.3 Å². The lowest BCUT2D eigenvalue weighted by Crippen LogP contribution is -2.30. The van der Waals surface area contributed by atoms with E-state index in [1.165, 1.54) is 51.4 Å². The summed E-state index contributed by atoms with van der Waals surface area (Å²) in [6.45, 7) is 4.39. The molecule has 0 aliphatic rings. The molecule has 0 aromatic carbocycles. The molecule has 5 atom stereocenters. The fourth-order valence-electron chi connectivity index (χ4n) is 9.20. The van der Waals surface area contributed by atoms with E-state index in [1.807, 2.05) is 30.4 Å². The maximum atomic E-state index is 13.1. The second-order valence-electron chi connectivity index (χ2n) is 24.1. The maximum Gasteiger partial charge on any atom is 0.472 e. The number of esters is 4. The van der Waals surface area contributed by atoms with Gasteiger partial charge in [-0.2, -0.15) is 0 Å². The molecule has 0 rings (SSSR count). The Morgan fingerprint density at radius 3 is 0.949 bits per heavy atom. The molecule has 0 aromatic heterocycles. The van der Waals surface area contributed by atoms with E-state index in [-0.39, 0.29) is 25.7 Å². The summed E-state index contributed by atoms with van der Waals surface area (Å²) in [4.78, 5) is 72.7. The number of rotatable bonds is 68. The van der Waals surface area contributed by atoms with Crippen LogP contribution in [0.15, 0.2) is 146 Å². The van der Waals surface area contributed by atoms with Gasteiger partial charge in [0.2, 0.25) is 0 Å². The van der Waals surface area contributed by atoms with Crippen LogP contribution in [0, 0.1) is 0 Å². The number of hydrogen-bond donors (Lipinski definition) is 3. The molecule has 0 aliphatic heterocycles. The molecule has 17 nitrogen and oxygen atoms in total. The Hall–Kier alpha value is -5.06. The minimum absolute atomic E-state index is 0.0604. The van der Waals surface area contributed by atoms with Gasteiger partial charge in [-0.1, -0.05) is 251 Å². The van der Waals surface area contributed by atoms with E-state index >= 15 is 0 Å². The number of aliphatic hydroxyl groups excluding tert-OH is 1. The molecule has 19 heteroatoms. The molecule has 0 amide bonds. The van der Waals surface area contributed by atoms with Crippen LogP contribution in [0.4, 0.5) is 0 Å². The molecular weight excluding hydrogens is 1280 g/mol. The first-order valence-electron chi connectivity index (χ1n) is 37.1. The molecule has 0 heterocycles. The summed E-state index contributed by atoms with van der Waals surface area (Å²) in [5.74, 6) is -2.42. The van der Waals surface area contributed by atoms with Crippen LogP contribution in [0.2, 0.25) is 0 Å². The Balaban J connectivity index is 5.47. The highest BCUT2D eigenvalue weighted by Gasteiger charge is 2.30. The molecule has 0 aromatic rings. The SMILES string of the molecule is CC/C=C\C/C=C\C/C=C\C/C=C\C/C=C\CCCC(=O)OCC(COP(=O)(O)OCC(O)COP(=O)(O)OCC(COC(=O)C/C=C\C/C=C\C/C=C\C/C=C\C/C=C\CC)OC(=O)CCCCCCC/C=C\CCCCCC)OC(=O)CCCCCCC/C=C\CCCCCC. The van der Waals surface area contributed by atoms with Crippen molar-refractivity contribution in [2.45, 2.75) is 290 Å². The van der Waals surface area contributed by atoms with Crippen LogP contribution >= 0.6 is 15.6 Å². The normalized spacial score (nSPS) is 14.8. The molecular formula is C79H130O17P2. The van der Waals surface area contributed by atoms with Crippen molar-refractivity contribution in [3.8, 4) is 0 Å². The highest BCUT2D eigenvalue weighted by atomic mass is 31.2. The van der Waals surface area contributed by atoms with Crippen molar-refractivity contribution >= 4 is 39.5 Å². The van der Waals surface area contributed by atoms with Crippen molar-refractivity contribution in [1.82, 2.24) is 0 Å². The third-order valence-corrected chi connectivity index (χ3v) is 16.7. The van der Waals surface area contributed by atoms with E-state index in [2.05, 4.69) is 137 Å². The van der Waals surface area contributed by atoms with Crippen molar-refractivity contribution < 1.29 is 80.2 Å². The highest BCUT2D eigenvalue weighted by Crippen LogP contribution is 2.45. The third-order valence-electron chi connectivity index (χ3n) is 14.8. The van der Waals surface area contributed by atoms with Crippen LogP contribution in [-0.2, 0) is 65.4 Å². The average molecular weight is 1410 g/mol. The summed E-state index contributed by atoms with van der Waals surface area (Å²) in [6, 6.07) is 0. The summed E-state index contributed by atoms with van der Waals surface area (Å²) in [7, 11) is -10.00. The number of allylic oxidation sites excluding steroid dienone is 23. The molecule has 5 unspecified atom stereocenters. The number of carbonyl (C=O) groups excluding carboxylic acids is 4. The van der Waals surface area contributed by atoms with Gasteiger partial charge in [-0.3, -0.25) is 37.3 Å². The van der Waals surface area contributed by atoms with Gasteiger partial charge in [-0.05, 0) is 141 Å². The first kappa shape index (κ1) is 92.9. The van der Waals surface area contributed by atoms with Crippen molar-refractivity contribution in [2.75, 3.05) is 39.6 Å². The van der Waals surface area contributed by atoms with Gasteiger partial charge in [0.05, 0.1) is 32.8 Å². The van der Waals surface area contributed by atoms with Crippen LogP contribution in [-0.4, -0.2) is 96.7 Å². The largest absolute Gasteiger partial charge is 0.472 e. The summed E-state index contributed by atoms with van der Waals surface area (Å²) in [6.07, 6.45) is 78.9. The van der Waals surface area contributed by atoms with Crippen LogP contribution in [0.5, 0.6) is 0 Å². The molecule has 0 radical (unpaired) electrons. The lowest BCUT2D eigenvalue weighted by molar-refractivity contribution is -0.161. The number of hydrogen-bond acceptors (Lipinski definition) is 15. The van der Waals surface area contributed by atoms with Gasteiger partial charge in [-0.15, -0.1) is 0 Å². The number of aliphatic hydroxyl groups is 1. The monoisotopic (exact) mass is 1410 g/mol. The van der Waals surface area contributed by atoms with Gasteiger partial charge in [0.15, 0.2) is 12.2 Å². The molecule has 0 bridgehead atoms. The Kier molecular flexibility index (Phi) is 66.7. The van der Waals surface area contributed by atoms with E-state index in [4.69, 9.17) is 37.0 Å². The summed E-state index contributed by atoms with van der Waals surface area (Å²) in [5, 5.41) is 10.6. The summed E-state index contributed by atoms with van der Waals surface area (Å²) < 4.78 is 68.2. The van der Waals surface area contributed by atoms with Crippen LogP contribution in [0.1, 0.15) is 272 Å². The van der Waals surface area contributed by atoms with Gasteiger partial charge in [-0.25, -0.2) is 9.13 Å². The molecule has 0 fully saturated rings. The summed E-state index contributed by atoms with van der Waals surface area (Å²) in [5.41, 5.74) is 0. The number of ether oxygens (including phenoxy) is 4. The molecule has 0 spiro atoms. The van der Waals surface area contributed by atoms with Crippen molar-refractivity contribution in [2.24, 2.45) is 0 Å². The standard InChI is InChI=1S/C79H130O17P2/c1-5-9-13-17-21-25-29-33-35-36-38-42-44-48-52-56-60-64-77(82)90-70-75(96-79(84)66-62-58-54-50-46-40-32-28-24-20-16-12-8-4)72-94-98(87,88)92-68-73(80)67-91-97(85,86)93-71-74(95-78(83)65-61-57-53-49-45-39-31-27-23-19-15-11-7-3)69-89-76(81)63-59-55-51-47-43-41-37-34-30-26-22-18-14-10-6-2/h9-10,13-14,21-22,25-28,31-35,37-38,42-43,47-48,52,55,59,73-75,80H,5-8,11-12,15-20,23-24,29-30,36,39-41,44-46,49-51,53-54,56-58,60-72H2,1-4H3,(H,85,86)(H,87,88)/b13-9-,14-10-,25-21-,26-22-,31-27-,32-28-,35-33-,37-34-,42-38-,47-43-,52-48-,59-55-. The van der Waals surface area contributed by atoms with E-state index in [0.717, 1.165) is 135 Å². The molecule has 3 N–H and O–H groups in total. The second kappa shape index (κ2) is 70.4. The van der Waals surface area contributed by atoms with Gasteiger partial charge < -0.3 is 33.8 Å². The minimum Gasteiger partial charge on any atom is -0.462 e. The van der Waals surface area contributed by atoms with Gasteiger partial charge in [0, 0.05) is 19.3 Å². The lowest BCUT2D eigenvalue weighted by Gasteiger charge is -2.21. The van der Waals surface area contributed by atoms with Gasteiger partial charge in [0.25, 0.3) is 0 Å². The summed E-state index contributed by atoms with van der Waals surface area (Å²) >= 11 is 0. The zero-order valence-electron chi connectivity index (χ0n) is 60.7. The fraction of sp³-hybridized carbons (Fsp3) is 0.646. The number of phosphoric ester groups is 2. The Morgan fingerprint density at radius 2 is 0.582 bits per heavy atom. The van der Waals surface area contributed by atoms with E-state index < -0.39 is 97.5 Å². The Bertz CT molecular complexity index is 2430. The fourth-order valence-corrected chi connectivity index (χ4v) is 10.8. The second-order valence-corrected chi connectivity index (χ2v) is 27.0. The van der Waals surface area contributed by atoms with E-state index in [1.54, 1.807) is 6.08 Å². The average Bonchev–Trinajstić information content (AvgIpc) is 0.969. The van der Waals surface area contributed by atoms with Crippen molar-refractivity contribution in [1.29, 1.82) is 0 Å². The number of unbranched alkanes of at least 4 members (excludes halogenated alkanes) is 19. The van der Waals surface area contributed by atoms with Crippen molar-refractivity contribution in [3.63, 3.8) is 0 Å². The molecule has 0 saturated carbocycles.